The molecular formula is C3H3BrNS. The van der Waals surface area contributed by atoms with Crippen molar-refractivity contribution in [2.24, 2.45) is 0 Å². The van der Waals surface area contributed by atoms with Crippen molar-refractivity contribution in [1.82, 2.24) is 4.72 Å². The van der Waals surface area contributed by atoms with E-state index in [-0.39, 0.29) is 0 Å². The maximum absolute atomic E-state index is 3.30. The Hall–Kier alpha value is 0.370. The van der Waals surface area contributed by atoms with Crippen LogP contribution in [0.3, 0.4) is 0 Å². The first-order chi connectivity index (χ1) is 2.89. The smallest absolute Gasteiger partial charge is 0.106 e. The second-order valence-electron chi connectivity index (χ2n) is 0.863. The van der Waals surface area contributed by atoms with Crippen LogP contribution in [0.15, 0.2) is 6.20 Å². The molecule has 1 heterocycles. The molecule has 0 aromatic carbocycles. The summed E-state index contributed by atoms with van der Waals surface area (Å²) in [5.41, 5.74) is 0. The average Bonchev–Trinajstić information content (AvgIpc) is 1.86. The zero-order chi connectivity index (χ0) is 4.41. The Morgan fingerprint density at radius 3 is 3.00 bits per heavy atom. The normalized spacial score (nSPS) is 30.5. The first-order valence-corrected chi connectivity index (χ1v) is 3.32. The molecule has 1 atom stereocenters. The van der Waals surface area contributed by atoms with E-state index in [1.54, 1.807) is 18.1 Å². The summed E-state index contributed by atoms with van der Waals surface area (Å²) in [6.45, 7) is 0. The van der Waals surface area contributed by atoms with Gasteiger partial charge in [0.05, 0.1) is 0 Å². The fourth-order valence-corrected chi connectivity index (χ4v) is 1.07. The van der Waals surface area contributed by atoms with E-state index in [2.05, 4.69) is 26.7 Å². The topological polar surface area (TPSA) is 12.0 Å². The Kier molecular flexibility index (Phi) is 1.42. The van der Waals surface area contributed by atoms with Crippen molar-refractivity contribution in [3.63, 3.8) is 0 Å². The Morgan fingerprint density at radius 1 is 2.00 bits per heavy atom. The van der Waals surface area contributed by atoms with Crippen molar-refractivity contribution < 1.29 is 0 Å². The van der Waals surface area contributed by atoms with Crippen LogP contribution >= 0.6 is 27.9 Å². The first kappa shape index (κ1) is 4.53. The molecule has 6 heavy (non-hydrogen) atoms. The summed E-state index contributed by atoms with van der Waals surface area (Å²) in [6, 6.07) is 0. The second-order valence-corrected chi connectivity index (χ2v) is 3.33. The Morgan fingerprint density at radius 2 is 2.83 bits per heavy atom. The van der Waals surface area contributed by atoms with Gasteiger partial charge in [0.2, 0.25) is 0 Å². The van der Waals surface area contributed by atoms with Crippen molar-refractivity contribution in [2.75, 3.05) is 0 Å². The SMILES string of the molecule is BrC1[C]=CNS1. The fourth-order valence-electron chi connectivity index (χ4n) is 0.227. The van der Waals surface area contributed by atoms with Gasteiger partial charge in [0.1, 0.15) is 4.16 Å². The number of hydrogen-bond acceptors (Lipinski definition) is 2. The molecule has 0 aromatic rings. The standard InChI is InChI=1S/C3H3BrNS/c4-3-1-2-5-6-3/h2-3,5H. The highest BCUT2D eigenvalue weighted by molar-refractivity contribution is 9.11. The van der Waals surface area contributed by atoms with E-state index >= 15 is 0 Å². The molecular weight excluding hydrogens is 162 g/mol. The summed E-state index contributed by atoms with van der Waals surface area (Å²) in [4.78, 5) is 0. The summed E-state index contributed by atoms with van der Waals surface area (Å²) in [5, 5.41) is 0. The molecule has 1 aliphatic rings. The molecule has 1 rings (SSSR count). The first-order valence-electron chi connectivity index (χ1n) is 1.52. The van der Waals surface area contributed by atoms with Crippen molar-refractivity contribution in [1.29, 1.82) is 0 Å². The van der Waals surface area contributed by atoms with Gasteiger partial charge in [0, 0.05) is 12.3 Å². The molecule has 0 bridgehead atoms. The average molecular weight is 165 g/mol. The molecule has 0 saturated heterocycles. The van der Waals surface area contributed by atoms with Crippen LogP contribution in [0.5, 0.6) is 0 Å². The van der Waals surface area contributed by atoms with E-state index in [4.69, 9.17) is 0 Å². The molecule has 33 valence electrons. The lowest BCUT2D eigenvalue weighted by Crippen LogP contribution is -1.83. The molecule has 1 N–H and O–H groups in total. The van der Waals surface area contributed by atoms with E-state index in [9.17, 15) is 0 Å². The lowest BCUT2D eigenvalue weighted by Gasteiger charge is -1.87. The van der Waals surface area contributed by atoms with Gasteiger partial charge in [-0.25, -0.2) is 0 Å². The van der Waals surface area contributed by atoms with E-state index < -0.39 is 0 Å². The monoisotopic (exact) mass is 164 g/mol. The van der Waals surface area contributed by atoms with Gasteiger partial charge in [-0.3, -0.25) is 0 Å². The van der Waals surface area contributed by atoms with Gasteiger partial charge in [-0.1, -0.05) is 15.9 Å². The summed E-state index contributed by atoms with van der Waals surface area (Å²) < 4.78 is 3.26. The molecule has 0 aromatic heterocycles. The highest BCUT2D eigenvalue weighted by Gasteiger charge is 2.02. The molecule has 0 saturated carbocycles. The Bertz CT molecular complexity index is 73.2. The van der Waals surface area contributed by atoms with E-state index in [0.29, 0.717) is 4.16 Å². The van der Waals surface area contributed by atoms with Gasteiger partial charge in [-0.2, -0.15) is 0 Å². The van der Waals surface area contributed by atoms with Gasteiger partial charge < -0.3 is 4.72 Å². The van der Waals surface area contributed by atoms with Crippen LogP contribution in [-0.2, 0) is 0 Å². The fraction of sp³-hybridized carbons (Fsp3) is 0.333. The number of alkyl halides is 1. The van der Waals surface area contributed by atoms with Gasteiger partial charge in [0.25, 0.3) is 0 Å². The second kappa shape index (κ2) is 1.89. The lowest BCUT2D eigenvalue weighted by molar-refractivity contribution is 1.44. The largest absolute Gasteiger partial charge is 0.335 e. The Labute approximate surface area is 49.4 Å². The molecule has 1 nitrogen and oxygen atoms in total. The minimum absolute atomic E-state index is 0.359. The van der Waals surface area contributed by atoms with Gasteiger partial charge >= 0.3 is 0 Å². The molecule has 3 heteroatoms. The summed E-state index contributed by atoms with van der Waals surface area (Å²) >= 11 is 4.89. The highest BCUT2D eigenvalue weighted by Crippen LogP contribution is 2.18. The minimum Gasteiger partial charge on any atom is -0.335 e. The minimum atomic E-state index is 0.359. The van der Waals surface area contributed by atoms with Crippen molar-refractivity contribution >= 4 is 27.9 Å². The number of halogens is 1. The zero-order valence-electron chi connectivity index (χ0n) is 2.94. The molecule has 1 unspecified atom stereocenters. The van der Waals surface area contributed by atoms with Crippen LogP contribution in [0, 0.1) is 6.08 Å². The predicted molar refractivity (Wildman–Crippen MR) is 31.3 cm³/mol. The van der Waals surface area contributed by atoms with Gasteiger partial charge in [-0.15, -0.1) is 0 Å². The molecule has 0 amide bonds. The van der Waals surface area contributed by atoms with Crippen LogP contribution in [0.1, 0.15) is 0 Å². The maximum Gasteiger partial charge on any atom is 0.106 e. The molecule has 0 spiro atoms. The maximum atomic E-state index is 3.30. The van der Waals surface area contributed by atoms with Crippen molar-refractivity contribution in [3.8, 4) is 0 Å². The summed E-state index contributed by atoms with van der Waals surface area (Å²) in [5.74, 6) is 0. The number of nitrogens with one attached hydrogen (secondary N) is 1. The van der Waals surface area contributed by atoms with Crippen molar-refractivity contribution in [2.45, 2.75) is 4.16 Å². The van der Waals surface area contributed by atoms with E-state index in [1.165, 1.54) is 0 Å². The van der Waals surface area contributed by atoms with Crippen LogP contribution < -0.4 is 4.72 Å². The predicted octanol–water partition coefficient (Wildman–Crippen LogP) is 1.28. The third kappa shape index (κ3) is 0.914. The molecule has 0 aliphatic carbocycles. The van der Waals surface area contributed by atoms with Gasteiger partial charge in [-0.05, 0) is 11.9 Å². The summed E-state index contributed by atoms with van der Waals surface area (Å²) in [6.07, 6.45) is 4.76. The third-order valence-corrected chi connectivity index (χ3v) is 1.87. The van der Waals surface area contributed by atoms with Crippen LogP contribution in [0.25, 0.3) is 0 Å². The van der Waals surface area contributed by atoms with E-state index in [0.717, 1.165) is 0 Å². The molecule has 1 aliphatic heterocycles. The molecule has 0 fully saturated rings. The van der Waals surface area contributed by atoms with Crippen LogP contribution in [0.4, 0.5) is 0 Å². The Balaban J connectivity index is 2.38. The zero-order valence-corrected chi connectivity index (χ0v) is 5.34. The third-order valence-electron chi connectivity index (χ3n) is 0.445. The lowest BCUT2D eigenvalue weighted by atomic mass is 10.7. The van der Waals surface area contributed by atoms with E-state index in [1.807, 2.05) is 0 Å². The quantitative estimate of drug-likeness (QED) is 0.428. The van der Waals surface area contributed by atoms with Gasteiger partial charge in [0.15, 0.2) is 0 Å². The van der Waals surface area contributed by atoms with Crippen LogP contribution in [0.2, 0.25) is 0 Å². The highest BCUT2D eigenvalue weighted by atomic mass is 79.9. The van der Waals surface area contributed by atoms with Crippen molar-refractivity contribution in [3.05, 3.63) is 12.3 Å². The van der Waals surface area contributed by atoms with Crippen LogP contribution in [-0.4, -0.2) is 4.16 Å². The summed E-state index contributed by atoms with van der Waals surface area (Å²) in [7, 11) is 0. The number of rotatable bonds is 0. The number of hydrogen-bond donors (Lipinski definition) is 1. The molecule has 1 radical (unpaired) electrons.